The van der Waals surface area contributed by atoms with E-state index >= 15 is 0 Å². The minimum Gasteiger partial charge on any atom is -0.483 e. The number of rotatable bonds is 0. The van der Waals surface area contributed by atoms with E-state index in [2.05, 4.69) is 0 Å². The molecular weight excluding hydrogens is 190 g/mol. The van der Waals surface area contributed by atoms with Crippen molar-refractivity contribution in [1.29, 1.82) is 0 Å². The lowest BCUT2D eigenvalue weighted by molar-refractivity contribution is -0.122. The molecule has 0 atom stereocenters. The van der Waals surface area contributed by atoms with Crippen LogP contribution in [-0.4, -0.2) is 28.1 Å². The van der Waals surface area contributed by atoms with Crippen LogP contribution in [0.2, 0.25) is 0 Å². The first-order valence-electron chi connectivity index (χ1n) is 1.60. The van der Waals surface area contributed by atoms with Gasteiger partial charge < -0.3 is 10.2 Å². The topological polar surface area (TPSA) is 57.5 Å². The highest BCUT2D eigenvalue weighted by atomic mass is 35.6. The number of halogens is 3. The third kappa shape index (κ3) is 3660. The molecule has 0 aromatic rings. The summed E-state index contributed by atoms with van der Waals surface area (Å²) in [6, 6.07) is 0. The maximum Gasteiger partial charge on any atom is 0.290 e. The second-order valence-corrected chi connectivity index (χ2v) is 2.33. The molecule has 0 aliphatic heterocycles. The van der Waals surface area contributed by atoms with Crippen LogP contribution in [0.15, 0.2) is 0 Å². The lowest BCUT2D eigenvalue weighted by atomic mass is 11.7. The Kier molecular flexibility index (Phi) is 42.9. The number of carboxylic acid groups (broad SMARTS) is 1. The monoisotopic (exact) mass is 196 g/mol. The molecule has 0 aliphatic rings. The van der Waals surface area contributed by atoms with E-state index in [1.165, 1.54) is 0 Å². The summed E-state index contributed by atoms with van der Waals surface area (Å²) in [5.41, 5.74) is 0. The van der Waals surface area contributed by atoms with Crippen LogP contribution < -0.4 is 0 Å². The fraction of sp³-hybridized carbons (Fsp3) is 0.667. The van der Waals surface area contributed by atoms with Crippen molar-refractivity contribution in [3.05, 3.63) is 0 Å². The van der Waals surface area contributed by atoms with E-state index < -0.39 is 4.30 Å². The highest BCUT2D eigenvalue weighted by Crippen LogP contribution is 2.03. The van der Waals surface area contributed by atoms with Crippen molar-refractivity contribution in [2.45, 2.75) is 4.30 Å². The zero-order valence-corrected chi connectivity index (χ0v) is 6.86. The van der Waals surface area contributed by atoms with Crippen LogP contribution in [0.5, 0.6) is 0 Å². The Hall–Kier alpha value is 0.300. The van der Waals surface area contributed by atoms with Gasteiger partial charge in [0.25, 0.3) is 6.47 Å². The lowest BCUT2D eigenvalue weighted by Gasteiger charge is -1.69. The fourth-order valence-electron chi connectivity index (χ4n) is 0. The number of hydrogen-bond acceptors (Lipinski definition) is 2. The summed E-state index contributed by atoms with van der Waals surface area (Å²) in [7, 11) is 1.00. The predicted octanol–water partition coefficient (Wildman–Crippen LogP) is 1.30. The van der Waals surface area contributed by atoms with Gasteiger partial charge in [0.15, 0.2) is 4.30 Å². The Morgan fingerprint density at radius 2 is 1.33 bits per heavy atom. The molecule has 2 N–H and O–H groups in total. The van der Waals surface area contributed by atoms with Crippen LogP contribution in [-0.2, 0) is 4.79 Å². The quantitative estimate of drug-likeness (QED) is 0.454. The van der Waals surface area contributed by atoms with Gasteiger partial charge in [-0.2, -0.15) is 0 Å². The third-order valence-corrected chi connectivity index (χ3v) is 0. The molecule has 0 heterocycles. The molecule has 0 radical (unpaired) electrons. The van der Waals surface area contributed by atoms with Gasteiger partial charge in [0.05, 0.1) is 0 Å². The molecule has 6 heteroatoms. The predicted molar refractivity (Wildman–Crippen MR) is 38.2 cm³/mol. The van der Waals surface area contributed by atoms with E-state index in [-0.39, 0.29) is 6.47 Å². The van der Waals surface area contributed by atoms with Crippen molar-refractivity contribution in [2.75, 3.05) is 7.11 Å². The highest BCUT2D eigenvalue weighted by Gasteiger charge is 1.78. The zero-order chi connectivity index (χ0) is 8.28. The molecule has 0 saturated heterocycles. The van der Waals surface area contributed by atoms with Gasteiger partial charge in [-0.3, -0.25) is 4.79 Å². The molecule has 0 saturated carbocycles. The zero-order valence-electron chi connectivity index (χ0n) is 4.59. The number of aliphatic hydroxyl groups is 1. The normalized spacial score (nSPS) is 6.00. The van der Waals surface area contributed by atoms with Crippen LogP contribution in [0.1, 0.15) is 0 Å². The van der Waals surface area contributed by atoms with Crippen LogP contribution in [0, 0.1) is 0 Å². The van der Waals surface area contributed by atoms with Crippen LogP contribution in [0.4, 0.5) is 0 Å². The maximum absolute atomic E-state index is 8.36. The Morgan fingerprint density at radius 1 is 1.33 bits per heavy atom. The fourth-order valence-corrected chi connectivity index (χ4v) is 0. The number of carbonyl (C=O) groups is 1. The molecule has 3 nitrogen and oxygen atoms in total. The molecule has 0 unspecified atom stereocenters. The number of alkyl halides is 3. The lowest BCUT2D eigenvalue weighted by Crippen LogP contribution is -1.55. The molecule has 9 heavy (non-hydrogen) atoms. The van der Waals surface area contributed by atoms with Crippen molar-refractivity contribution in [3.8, 4) is 0 Å². The molecule has 0 aliphatic carbocycles. The largest absolute Gasteiger partial charge is 0.483 e. The minimum atomic E-state index is -0.750. The second-order valence-electron chi connectivity index (χ2n) is 0.353. The average Bonchev–Trinajstić information content (AvgIpc) is 1.71. The van der Waals surface area contributed by atoms with Gasteiger partial charge in [0.1, 0.15) is 0 Å². The van der Waals surface area contributed by atoms with E-state index in [4.69, 9.17) is 49.8 Å². The summed E-state index contributed by atoms with van der Waals surface area (Å²) < 4.78 is -0.750. The molecular formula is C3H7Cl3O3. The third-order valence-electron chi connectivity index (χ3n) is 0. The molecule has 0 spiro atoms. The molecule has 58 valence electrons. The minimum absolute atomic E-state index is 0.250. The number of hydrogen-bond donors (Lipinski definition) is 2. The average molecular weight is 197 g/mol. The summed E-state index contributed by atoms with van der Waals surface area (Å²) in [4.78, 5) is 8.36. The molecule has 0 fully saturated rings. The van der Waals surface area contributed by atoms with E-state index in [1.807, 2.05) is 0 Å². The smallest absolute Gasteiger partial charge is 0.290 e. The van der Waals surface area contributed by atoms with Gasteiger partial charge in [-0.25, -0.2) is 0 Å². The van der Waals surface area contributed by atoms with Crippen molar-refractivity contribution >= 4 is 41.3 Å². The van der Waals surface area contributed by atoms with E-state index in [0.717, 1.165) is 7.11 Å². The van der Waals surface area contributed by atoms with Crippen molar-refractivity contribution in [3.63, 3.8) is 0 Å². The molecule has 0 amide bonds. The van der Waals surface area contributed by atoms with E-state index in [1.54, 1.807) is 0 Å². The van der Waals surface area contributed by atoms with Crippen LogP contribution in [0.3, 0.4) is 0 Å². The first kappa shape index (κ1) is 16.1. The highest BCUT2D eigenvalue weighted by molar-refractivity contribution is 6.63. The van der Waals surface area contributed by atoms with Crippen molar-refractivity contribution in [2.24, 2.45) is 0 Å². The van der Waals surface area contributed by atoms with Crippen LogP contribution in [0.25, 0.3) is 0 Å². The molecule has 0 aromatic carbocycles. The first-order valence-corrected chi connectivity index (χ1v) is 2.91. The SMILES string of the molecule is CO.ClC(Cl)Cl.O=CO. The van der Waals surface area contributed by atoms with Crippen LogP contribution >= 0.6 is 34.8 Å². The molecule has 0 rings (SSSR count). The summed E-state index contributed by atoms with van der Waals surface area (Å²) in [5.74, 6) is 0. The van der Waals surface area contributed by atoms with Crippen molar-refractivity contribution in [1.82, 2.24) is 0 Å². The Labute approximate surface area is 68.1 Å². The summed E-state index contributed by atoms with van der Waals surface area (Å²) in [5, 5.41) is 13.9. The Morgan fingerprint density at radius 3 is 1.33 bits per heavy atom. The van der Waals surface area contributed by atoms with Gasteiger partial charge in [0.2, 0.25) is 0 Å². The van der Waals surface area contributed by atoms with E-state index in [0.29, 0.717) is 0 Å². The maximum atomic E-state index is 8.36. The van der Waals surface area contributed by atoms with Gasteiger partial charge in [-0.05, 0) is 0 Å². The van der Waals surface area contributed by atoms with Gasteiger partial charge >= 0.3 is 0 Å². The summed E-state index contributed by atoms with van der Waals surface area (Å²) in [6.07, 6.45) is 0. The summed E-state index contributed by atoms with van der Waals surface area (Å²) in [6.45, 7) is -0.250. The standard InChI is InChI=1S/CHCl3.CH2O2.CH4O/c2-1(3)4;2-1-3;1-2/h1H;1H,(H,2,3);2H,1H3. The molecule has 0 bridgehead atoms. The Bertz CT molecular complexity index is 38.5. The summed E-state index contributed by atoms with van der Waals surface area (Å²) >= 11 is 14.4. The Balaban J connectivity index is -0.0000000646. The van der Waals surface area contributed by atoms with Gasteiger partial charge in [-0.1, -0.05) is 34.8 Å². The van der Waals surface area contributed by atoms with E-state index in [9.17, 15) is 0 Å². The first-order chi connectivity index (χ1) is 4.15. The van der Waals surface area contributed by atoms with Gasteiger partial charge in [-0.15, -0.1) is 0 Å². The number of aliphatic hydroxyl groups excluding tert-OH is 1. The molecule has 0 aromatic heterocycles. The van der Waals surface area contributed by atoms with Crippen molar-refractivity contribution < 1.29 is 15.0 Å². The van der Waals surface area contributed by atoms with Gasteiger partial charge in [0, 0.05) is 7.11 Å². The second kappa shape index (κ2) is 23.9.